The molecule has 1 unspecified atom stereocenters. The minimum atomic E-state index is -0.242. The molecule has 0 saturated carbocycles. The van der Waals surface area contributed by atoms with Gasteiger partial charge in [-0.2, -0.15) is 0 Å². The molecule has 4 nitrogen and oxygen atoms in total. The van der Waals surface area contributed by atoms with Crippen LogP contribution in [0.3, 0.4) is 0 Å². The fourth-order valence-electron chi connectivity index (χ4n) is 2.89. The smallest absolute Gasteiger partial charge is 0.188 e. The number of nitrogens with zero attached hydrogens (tertiary/aromatic N) is 2. The molecule has 1 atom stereocenters. The van der Waals surface area contributed by atoms with E-state index in [0.29, 0.717) is 0 Å². The van der Waals surface area contributed by atoms with Gasteiger partial charge in [0.15, 0.2) is 6.29 Å². The first kappa shape index (κ1) is 17.0. The van der Waals surface area contributed by atoms with E-state index in [2.05, 4.69) is 51.0 Å². The molecule has 1 heterocycles. The highest BCUT2D eigenvalue weighted by Gasteiger charge is 2.29. The van der Waals surface area contributed by atoms with Gasteiger partial charge in [-0.05, 0) is 51.8 Å². The molecular formula is C17H25ClN4. The first-order valence-corrected chi connectivity index (χ1v) is 8.00. The molecule has 0 fully saturated rings. The lowest BCUT2D eigenvalue weighted by Crippen LogP contribution is -2.50. The molecular weight excluding hydrogens is 296 g/mol. The first-order valence-electron chi connectivity index (χ1n) is 7.62. The van der Waals surface area contributed by atoms with E-state index in [-0.39, 0.29) is 6.29 Å². The lowest BCUT2D eigenvalue weighted by Gasteiger charge is -2.37. The maximum atomic E-state index is 6.15. The molecule has 0 spiro atoms. The number of hydrogen-bond acceptors (Lipinski definition) is 4. The maximum absolute atomic E-state index is 6.15. The SMILES string of the molecule is CCN1C(C)=C(C(C)=C(C)C)C(C2=CC=C(Cl)C2)=NC1NN. The molecule has 0 aromatic carbocycles. The van der Waals surface area contributed by atoms with Crippen molar-refractivity contribution in [1.29, 1.82) is 0 Å². The molecule has 2 rings (SSSR count). The molecule has 2 aliphatic rings. The number of halogens is 1. The summed E-state index contributed by atoms with van der Waals surface area (Å²) in [5, 5.41) is 0.847. The van der Waals surface area contributed by atoms with Crippen molar-refractivity contribution in [2.45, 2.75) is 47.3 Å². The summed E-state index contributed by atoms with van der Waals surface area (Å²) in [6.45, 7) is 11.5. The standard InChI is InChI=1S/C17H25ClN4/c1-6-22-12(5)15(11(4)10(2)3)16(20-17(22)21-19)13-7-8-14(18)9-13/h7-8,17,21H,6,9,19H2,1-5H3. The van der Waals surface area contributed by atoms with Crippen molar-refractivity contribution in [3.05, 3.63) is 45.2 Å². The summed E-state index contributed by atoms with van der Waals surface area (Å²) in [7, 11) is 0. The second-order valence-electron chi connectivity index (χ2n) is 5.87. The van der Waals surface area contributed by atoms with Crippen LogP contribution in [0.2, 0.25) is 0 Å². The average Bonchev–Trinajstić information content (AvgIpc) is 2.91. The fourth-order valence-corrected chi connectivity index (χ4v) is 3.10. The van der Waals surface area contributed by atoms with Crippen LogP contribution < -0.4 is 11.3 Å². The Balaban J connectivity index is 2.57. The average molecular weight is 321 g/mol. The Morgan fingerprint density at radius 1 is 1.41 bits per heavy atom. The molecule has 0 amide bonds. The highest BCUT2D eigenvalue weighted by molar-refractivity contribution is 6.31. The van der Waals surface area contributed by atoms with Crippen LogP contribution in [0.5, 0.6) is 0 Å². The highest BCUT2D eigenvalue weighted by atomic mass is 35.5. The van der Waals surface area contributed by atoms with Gasteiger partial charge >= 0.3 is 0 Å². The Bertz CT molecular complexity index is 619. The van der Waals surface area contributed by atoms with Crippen LogP contribution in [-0.4, -0.2) is 23.4 Å². The van der Waals surface area contributed by atoms with E-state index >= 15 is 0 Å². The molecule has 120 valence electrons. The Labute approximate surface area is 138 Å². The van der Waals surface area contributed by atoms with Gasteiger partial charge in [-0.3, -0.25) is 5.84 Å². The molecule has 0 bridgehead atoms. The summed E-state index contributed by atoms with van der Waals surface area (Å²) in [4.78, 5) is 7.03. The number of hydrazine groups is 1. The third-order valence-corrected chi connectivity index (χ3v) is 4.58. The van der Waals surface area contributed by atoms with E-state index in [1.807, 2.05) is 6.08 Å². The van der Waals surface area contributed by atoms with Gasteiger partial charge in [-0.1, -0.05) is 23.3 Å². The van der Waals surface area contributed by atoms with Crippen molar-refractivity contribution in [1.82, 2.24) is 10.3 Å². The fraction of sp³-hybridized carbons (Fsp3) is 0.471. The van der Waals surface area contributed by atoms with Crippen LogP contribution in [0.25, 0.3) is 0 Å². The van der Waals surface area contributed by atoms with E-state index in [1.165, 1.54) is 22.4 Å². The van der Waals surface area contributed by atoms with E-state index in [4.69, 9.17) is 22.4 Å². The predicted molar refractivity (Wildman–Crippen MR) is 94.3 cm³/mol. The lowest BCUT2D eigenvalue weighted by molar-refractivity contribution is 0.227. The zero-order chi connectivity index (χ0) is 16.4. The van der Waals surface area contributed by atoms with E-state index < -0.39 is 0 Å². The first-order chi connectivity index (χ1) is 10.4. The summed E-state index contributed by atoms with van der Waals surface area (Å²) in [6.07, 6.45) is 4.49. The highest BCUT2D eigenvalue weighted by Crippen LogP contribution is 2.34. The lowest BCUT2D eigenvalue weighted by atomic mass is 9.90. The summed E-state index contributed by atoms with van der Waals surface area (Å²) in [6, 6.07) is 0. The van der Waals surface area contributed by atoms with Crippen molar-refractivity contribution in [3.63, 3.8) is 0 Å². The molecule has 22 heavy (non-hydrogen) atoms. The van der Waals surface area contributed by atoms with Crippen molar-refractivity contribution < 1.29 is 0 Å². The van der Waals surface area contributed by atoms with E-state index in [9.17, 15) is 0 Å². The molecule has 0 radical (unpaired) electrons. The monoisotopic (exact) mass is 320 g/mol. The van der Waals surface area contributed by atoms with Crippen LogP contribution in [0, 0.1) is 0 Å². The van der Waals surface area contributed by atoms with Gasteiger partial charge in [0.05, 0.1) is 5.71 Å². The molecule has 1 aliphatic heterocycles. The summed E-state index contributed by atoms with van der Waals surface area (Å²) in [5.41, 5.74) is 9.88. The van der Waals surface area contributed by atoms with Gasteiger partial charge < -0.3 is 4.90 Å². The Kier molecular flexibility index (Phi) is 5.27. The quantitative estimate of drug-likeness (QED) is 0.615. The normalized spacial score (nSPS) is 21.7. The van der Waals surface area contributed by atoms with Gasteiger partial charge in [0.2, 0.25) is 0 Å². The summed E-state index contributed by atoms with van der Waals surface area (Å²) in [5.74, 6) is 5.71. The van der Waals surface area contributed by atoms with Gasteiger partial charge in [0, 0.05) is 29.3 Å². The number of allylic oxidation sites excluding steroid dienone is 8. The topological polar surface area (TPSA) is 53.6 Å². The minimum absolute atomic E-state index is 0.242. The van der Waals surface area contributed by atoms with Crippen LogP contribution >= 0.6 is 11.6 Å². The van der Waals surface area contributed by atoms with Crippen LogP contribution in [0.4, 0.5) is 0 Å². The third-order valence-electron chi connectivity index (χ3n) is 4.32. The number of nitrogens with one attached hydrogen (secondary N) is 1. The van der Waals surface area contributed by atoms with Gasteiger partial charge in [0.1, 0.15) is 0 Å². The van der Waals surface area contributed by atoms with Crippen LogP contribution in [0.15, 0.2) is 50.2 Å². The second-order valence-corrected chi connectivity index (χ2v) is 6.36. The Morgan fingerprint density at radius 3 is 2.55 bits per heavy atom. The molecule has 0 aromatic heterocycles. The molecule has 3 N–H and O–H groups in total. The number of aliphatic imine (C=N–C) groups is 1. The van der Waals surface area contributed by atoms with Gasteiger partial charge in [-0.15, -0.1) is 0 Å². The zero-order valence-corrected chi connectivity index (χ0v) is 14.8. The van der Waals surface area contributed by atoms with Crippen molar-refractivity contribution in [3.8, 4) is 0 Å². The van der Waals surface area contributed by atoms with Gasteiger partial charge in [0.25, 0.3) is 0 Å². The van der Waals surface area contributed by atoms with Crippen molar-refractivity contribution in [2.75, 3.05) is 6.54 Å². The number of nitrogens with two attached hydrogens (primary N) is 1. The number of rotatable bonds is 4. The third kappa shape index (κ3) is 3.05. The van der Waals surface area contributed by atoms with E-state index in [0.717, 1.165) is 29.3 Å². The summed E-state index contributed by atoms with van der Waals surface area (Å²) < 4.78 is 0. The predicted octanol–water partition coefficient (Wildman–Crippen LogP) is 3.59. The van der Waals surface area contributed by atoms with Crippen molar-refractivity contribution >= 4 is 17.3 Å². The zero-order valence-electron chi connectivity index (χ0n) is 14.0. The molecule has 0 aromatic rings. The van der Waals surface area contributed by atoms with E-state index in [1.54, 1.807) is 0 Å². The Morgan fingerprint density at radius 2 is 2.09 bits per heavy atom. The van der Waals surface area contributed by atoms with Crippen LogP contribution in [-0.2, 0) is 0 Å². The van der Waals surface area contributed by atoms with Crippen molar-refractivity contribution in [2.24, 2.45) is 10.8 Å². The minimum Gasteiger partial charge on any atom is -0.340 e. The molecule has 5 heteroatoms. The summed E-state index contributed by atoms with van der Waals surface area (Å²) >= 11 is 6.15. The molecule has 0 saturated heterocycles. The van der Waals surface area contributed by atoms with Gasteiger partial charge in [-0.25, -0.2) is 10.4 Å². The molecule has 1 aliphatic carbocycles. The van der Waals surface area contributed by atoms with Crippen LogP contribution in [0.1, 0.15) is 41.0 Å². The Hall–Kier alpha value is -1.36. The largest absolute Gasteiger partial charge is 0.340 e. The second kappa shape index (κ2) is 6.82. The maximum Gasteiger partial charge on any atom is 0.188 e. The number of hydrogen-bond donors (Lipinski definition) is 2.